The molecule has 1 aromatic rings. The number of halogens is 1. The van der Waals surface area contributed by atoms with Gasteiger partial charge in [-0.05, 0) is 18.4 Å². The molecule has 6 heteroatoms. The van der Waals surface area contributed by atoms with E-state index in [4.69, 9.17) is 4.74 Å². The molecule has 1 aromatic carbocycles. The van der Waals surface area contributed by atoms with Crippen LogP contribution in [0.1, 0.15) is 32.3 Å². The number of hydrogen-bond acceptors (Lipinski definition) is 3. The van der Waals surface area contributed by atoms with Crippen LogP contribution in [-0.4, -0.2) is 63.8 Å². The van der Waals surface area contributed by atoms with Gasteiger partial charge in [-0.15, -0.1) is 24.0 Å². The maximum Gasteiger partial charge on any atom is 0.191 e. The third-order valence-electron chi connectivity index (χ3n) is 5.38. The number of rotatable bonds is 8. The van der Waals surface area contributed by atoms with E-state index in [0.29, 0.717) is 0 Å². The number of hydrogen-bond donors (Lipinski definition) is 2. The van der Waals surface area contributed by atoms with E-state index in [-0.39, 0.29) is 29.4 Å². The first-order chi connectivity index (χ1) is 12.2. The molecule has 1 saturated heterocycles. The van der Waals surface area contributed by atoms with E-state index < -0.39 is 0 Å². The molecule has 0 atom stereocenters. The zero-order chi connectivity index (χ0) is 18.0. The summed E-state index contributed by atoms with van der Waals surface area (Å²) in [4.78, 5) is 6.81. The first-order valence-corrected chi connectivity index (χ1v) is 9.54. The van der Waals surface area contributed by atoms with Crippen LogP contribution in [-0.2, 0) is 10.2 Å². The van der Waals surface area contributed by atoms with Crippen LogP contribution in [0.2, 0.25) is 0 Å². The summed E-state index contributed by atoms with van der Waals surface area (Å²) in [6.07, 6.45) is 2.20. The van der Waals surface area contributed by atoms with E-state index in [1.54, 1.807) is 0 Å². The SMILES string of the molecule is CCC(CC)(CNC(=NC)NCCN1CCOCC1)c1ccccc1.I. The van der Waals surface area contributed by atoms with Crippen LogP contribution in [0, 0.1) is 0 Å². The van der Waals surface area contributed by atoms with Crippen molar-refractivity contribution in [2.24, 2.45) is 4.99 Å². The van der Waals surface area contributed by atoms with Gasteiger partial charge in [-0.1, -0.05) is 44.2 Å². The second kappa shape index (κ2) is 12.5. The Balaban J connectivity index is 0.00000338. The van der Waals surface area contributed by atoms with Gasteiger partial charge in [0.05, 0.1) is 13.2 Å². The molecule has 5 nitrogen and oxygen atoms in total. The van der Waals surface area contributed by atoms with E-state index in [2.05, 4.69) is 64.7 Å². The van der Waals surface area contributed by atoms with Crippen molar-refractivity contribution in [3.63, 3.8) is 0 Å². The van der Waals surface area contributed by atoms with E-state index in [1.807, 2.05) is 7.05 Å². The molecule has 2 N–H and O–H groups in total. The van der Waals surface area contributed by atoms with Gasteiger partial charge in [-0.3, -0.25) is 9.89 Å². The third kappa shape index (κ3) is 6.70. The van der Waals surface area contributed by atoms with Crippen molar-refractivity contribution in [2.45, 2.75) is 32.1 Å². The third-order valence-corrected chi connectivity index (χ3v) is 5.38. The fraction of sp³-hybridized carbons (Fsp3) is 0.650. The molecule has 1 aliphatic rings. The van der Waals surface area contributed by atoms with Gasteiger partial charge in [-0.25, -0.2) is 0 Å². The molecule has 26 heavy (non-hydrogen) atoms. The van der Waals surface area contributed by atoms with E-state index in [9.17, 15) is 0 Å². The summed E-state index contributed by atoms with van der Waals surface area (Å²) in [5, 5.41) is 6.99. The summed E-state index contributed by atoms with van der Waals surface area (Å²) in [5.41, 5.74) is 1.54. The Labute approximate surface area is 176 Å². The lowest BCUT2D eigenvalue weighted by atomic mass is 9.76. The number of ether oxygens (including phenoxy) is 1. The van der Waals surface area contributed by atoms with Gasteiger partial charge >= 0.3 is 0 Å². The molecular formula is C20H35IN4O. The van der Waals surface area contributed by atoms with Crippen LogP contribution < -0.4 is 10.6 Å². The monoisotopic (exact) mass is 474 g/mol. The highest BCUT2D eigenvalue weighted by Gasteiger charge is 2.28. The molecule has 2 rings (SSSR count). The zero-order valence-electron chi connectivity index (χ0n) is 16.5. The summed E-state index contributed by atoms with van der Waals surface area (Å²) in [5.74, 6) is 0.885. The van der Waals surface area contributed by atoms with Gasteiger partial charge in [0.25, 0.3) is 0 Å². The summed E-state index contributed by atoms with van der Waals surface area (Å²) in [6.45, 7) is 11.1. The van der Waals surface area contributed by atoms with E-state index >= 15 is 0 Å². The Morgan fingerprint density at radius 2 is 1.77 bits per heavy atom. The van der Waals surface area contributed by atoms with Gasteiger partial charge in [0, 0.05) is 45.2 Å². The van der Waals surface area contributed by atoms with Crippen LogP contribution in [0.4, 0.5) is 0 Å². The predicted octanol–water partition coefficient (Wildman–Crippen LogP) is 2.86. The molecule has 0 amide bonds. The topological polar surface area (TPSA) is 48.9 Å². The summed E-state index contributed by atoms with van der Waals surface area (Å²) < 4.78 is 5.39. The molecule has 148 valence electrons. The molecule has 0 spiro atoms. The molecule has 0 aliphatic carbocycles. The highest BCUT2D eigenvalue weighted by molar-refractivity contribution is 14.0. The average molecular weight is 474 g/mol. The second-order valence-corrected chi connectivity index (χ2v) is 6.66. The van der Waals surface area contributed by atoms with Crippen molar-refractivity contribution in [2.75, 3.05) is 53.0 Å². The number of nitrogens with one attached hydrogen (secondary N) is 2. The molecule has 0 aromatic heterocycles. The Kier molecular flexibility index (Phi) is 11.2. The molecule has 1 heterocycles. The number of guanidine groups is 1. The number of morpholine rings is 1. The standard InChI is InChI=1S/C20H34N4O.HI/c1-4-20(5-2,18-9-7-6-8-10-18)17-23-19(21-3)22-11-12-24-13-15-25-16-14-24;/h6-10H,4-5,11-17H2,1-3H3,(H2,21,22,23);1H. The van der Waals surface area contributed by atoms with Crippen LogP contribution in [0.25, 0.3) is 0 Å². The Morgan fingerprint density at radius 3 is 2.35 bits per heavy atom. The lowest BCUT2D eigenvalue weighted by Gasteiger charge is -2.33. The summed E-state index contributed by atoms with van der Waals surface area (Å²) >= 11 is 0. The predicted molar refractivity (Wildman–Crippen MR) is 121 cm³/mol. The zero-order valence-corrected chi connectivity index (χ0v) is 18.8. The molecule has 0 bridgehead atoms. The van der Waals surface area contributed by atoms with Gasteiger partial charge in [0.15, 0.2) is 5.96 Å². The van der Waals surface area contributed by atoms with Crippen molar-refractivity contribution in [1.82, 2.24) is 15.5 Å². The first-order valence-electron chi connectivity index (χ1n) is 9.54. The molecule has 1 fully saturated rings. The minimum atomic E-state index is 0. The first kappa shape index (κ1) is 23.2. The van der Waals surface area contributed by atoms with Crippen molar-refractivity contribution < 1.29 is 4.74 Å². The van der Waals surface area contributed by atoms with Crippen molar-refractivity contribution >= 4 is 29.9 Å². The number of benzene rings is 1. The van der Waals surface area contributed by atoms with E-state index in [1.165, 1.54) is 5.56 Å². The molecular weight excluding hydrogens is 439 g/mol. The van der Waals surface area contributed by atoms with Crippen molar-refractivity contribution in [3.8, 4) is 0 Å². The Morgan fingerprint density at radius 1 is 1.12 bits per heavy atom. The molecule has 0 saturated carbocycles. The van der Waals surface area contributed by atoms with Gasteiger partial charge < -0.3 is 15.4 Å². The fourth-order valence-corrected chi connectivity index (χ4v) is 3.43. The maximum absolute atomic E-state index is 5.39. The molecule has 1 aliphatic heterocycles. The maximum atomic E-state index is 5.39. The van der Waals surface area contributed by atoms with Gasteiger partial charge in [-0.2, -0.15) is 0 Å². The Bertz CT molecular complexity index is 514. The van der Waals surface area contributed by atoms with Gasteiger partial charge in [0.1, 0.15) is 0 Å². The highest BCUT2D eigenvalue weighted by Crippen LogP contribution is 2.30. The lowest BCUT2D eigenvalue weighted by molar-refractivity contribution is 0.0389. The molecule has 0 radical (unpaired) electrons. The van der Waals surface area contributed by atoms with Crippen molar-refractivity contribution in [1.29, 1.82) is 0 Å². The van der Waals surface area contributed by atoms with Gasteiger partial charge in [0.2, 0.25) is 0 Å². The normalized spacial score (nSPS) is 16.0. The quantitative estimate of drug-likeness (QED) is 0.346. The molecule has 0 unspecified atom stereocenters. The van der Waals surface area contributed by atoms with Crippen LogP contribution in [0.3, 0.4) is 0 Å². The van der Waals surface area contributed by atoms with Crippen molar-refractivity contribution in [3.05, 3.63) is 35.9 Å². The fourth-order valence-electron chi connectivity index (χ4n) is 3.43. The minimum absolute atomic E-state index is 0. The van der Waals surface area contributed by atoms with Crippen LogP contribution in [0.5, 0.6) is 0 Å². The lowest BCUT2D eigenvalue weighted by Crippen LogP contribution is -2.47. The van der Waals surface area contributed by atoms with E-state index in [0.717, 1.165) is 64.7 Å². The Hall–Kier alpha value is -0.860. The smallest absolute Gasteiger partial charge is 0.191 e. The summed E-state index contributed by atoms with van der Waals surface area (Å²) in [7, 11) is 1.84. The average Bonchev–Trinajstić information content (AvgIpc) is 2.69. The second-order valence-electron chi connectivity index (χ2n) is 6.66. The van der Waals surface area contributed by atoms with Crippen LogP contribution >= 0.6 is 24.0 Å². The highest BCUT2D eigenvalue weighted by atomic mass is 127. The number of aliphatic imine (C=N–C) groups is 1. The minimum Gasteiger partial charge on any atom is -0.379 e. The number of nitrogens with zero attached hydrogens (tertiary/aromatic N) is 2. The van der Waals surface area contributed by atoms with Crippen LogP contribution in [0.15, 0.2) is 35.3 Å². The largest absolute Gasteiger partial charge is 0.379 e. The summed E-state index contributed by atoms with van der Waals surface area (Å²) in [6, 6.07) is 10.8.